The average molecular weight is 380 g/mol. The van der Waals surface area contributed by atoms with E-state index in [1.165, 1.54) is 23.5 Å². The van der Waals surface area contributed by atoms with Crippen LogP contribution in [0.3, 0.4) is 0 Å². The predicted molar refractivity (Wildman–Crippen MR) is 105 cm³/mol. The highest BCUT2D eigenvalue weighted by Crippen LogP contribution is 2.48. The van der Waals surface area contributed by atoms with Gasteiger partial charge in [0.25, 0.3) is 5.91 Å². The number of rotatable bonds is 5. The summed E-state index contributed by atoms with van der Waals surface area (Å²) >= 11 is 1.37. The van der Waals surface area contributed by atoms with Crippen molar-refractivity contribution in [2.75, 3.05) is 10.6 Å². The van der Waals surface area contributed by atoms with Crippen LogP contribution < -0.4 is 10.6 Å². The van der Waals surface area contributed by atoms with Gasteiger partial charge in [-0.15, -0.1) is 11.3 Å². The Morgan fingerprint density at radius 1 is 0.963 bits per heavy atom. The second-order valence-corrected chi connectivity index (χ2v) is 7.45. The van der Waals surface area contributed by atoms with E-state index < -0.39 is 0 Å². The van der Waals surface area contributed by atoms with Crippen molar-refractivity contribution in [2.45, 2.75) is 12.3 Å². The third kappa shape index (κ3) is 4.06. The Kier molecular flexibility index (Phi) is 4.73. The van der Waals surface area contributed by atoms with Crippen LogP contribution >= 0.6 is 11.3 Å². The molecule has 2 atom stereocenters. The first-order chi connectivity index (χ1) is 13.1. The maximum atomic E-state index is 13.0. The number of hydrogen-bond donors (Lipinski definition) is 2. The zero-order chi connectivity index (χ0) is 18.8. The molecule has 0 spiro atoms. The Balaban J connectivity index is 1.38. The highest BCUT2D eigenvalue weighted by atomic mass is 32.1. The number of amides is 2. The summed E-state index contributed by atoms with van der Waals surface area (Å²) in [4.78, 5) is 25.2. The fourth-order valence-corrected chi connectivity index (χ4v) is 3.69. The molecule has 0 bridgehead atoms. The molecule has 1 fully saturated rings. The minimum Gasteiger partial charge on any atom is -0.326 e. The largest absolute Gasteiger partial charge is 0.326 e. The summed E-state index contributed by atoms with van der Waals surface area (Å²) in [6, 6.07) is 17.0. The van der Waals surface area contributed by atoms with E-state index in [-0.39, 0.29) is 29.5 Å². The van der Waals surface area contributed by atoms with E-state index in [0.29, 0.717) is 16.3 Å². The molecule has 1 aliphatic carbocycles. The molecule has 2 unspecified atom stereocenters. The molecule has 0 saturated heterocycles. The summed E-state index contributed by atoms with van der Waals surface area (Å²) in [6.07, 6.45) is 0.756. The number of halogens is 1. The second-order valence-electron chi connectivity index (χ2n) is 6.50. The molecule has 1 heterocycles. The van der Waals surface area contributed by atoms with Crippen LogP contribution in [-0.2, 0) is 4.79 Å². The van der Waals surface area contributed by atoms with Gasteiger partial charge in [-0.2, -0.15) is 0 Å². The fraction of sp³-hybridized carbons (Fsp3) is 0.143. The third-order valence-electron chi connectivity index (χ3n) is 4.56. The van der Waals surface area contributed by atoms with Gasteiger partial charge in [0.05, 0.1) is 4.88 Å². The second kappa shape index (κ2) is 7.32. The fourth-order valence-electron chi connectivity index (χ4n) is 3.07. The Hall–Kier alpha value is -2.99. The van der Waals surface area contributed by atoms with Crippen molar-refractivity contribution in [3.8, 4) is 0 Å². The molecule has 2 amide bonds. The van der Waals surface area contributed by atoms with Gasteiger partial charge >= 0.3 is 0 Å². The molecule has 1 aliphatic rings. The lowest BCUT2D eigenvalue weighted by Gasteiger charge is -2.08. The van der Waals surface area contributed by atoms with E-state index in [1.54, 1.807) is 42.5 Å². The molecule has 0 aliphatic heterocycles. The van der Waals surface area contributed by atoms with Gasteiger partial charge in [0.1, 0.15) is 5.82 Å². The van der Waals surface area contributed by atoms with Gasteiger partial charge in [0.15, 0.2) is 0 Å². The van der Waals surface area contributed by atoms with E-state index in [4.69, 9.17) is 0 Å². The minimum absolute atomic E-state index is 0.0638. The zero-order valence-electron chi connectivity index (χ0n) is 14.3. The smallest absolute Gasteiger partial charge is 0.265 e. The van der Waals surface area contributed by atoms with Crippen molar-refractivity contribution in [3.05, 3.63) is 82.3 Å². The zero-order valence-corrected chi connectivity index (χ0v) is 15.1. The number of carbonyl (C=O) groups excluding carboxylic acids is 2. The SMILES string of the molecule is O=C(Nc1cccc(NC(=O)C2CC2c2ccc(F)cc2)c1)c1cccs1. The first-order valence-electron chi connectivity index (χ1n) is 8.61. The summed E-state index contributed by atoms with van der Waals surface area (Å²) in [5.74, 6) is -0.493. The minimum atomic E-state index is -0.276. The standard InChI is InChI=1S/C21H17FN2O2S/c22-14-8-6-13(7-9-14)17-12-18(17)20(25)23-15-3-1-4-16(11-15)24-21(26)19-5-2-10-27-19/h1-11,17-18H,12H2,(H,23,25)(H,24,26). The lowest BCUT2D eigenvalue weighted by Crippen LogP contribution is -2.15. The molecule has 4 rings (SSSR count). The Bertz CT molecular complexity index is 970. The van der Waals surface area contributed by atoms with Crippen molar-refractivity contribution in [2.24, 2.45) is 5.92 Å². The van der Waals surface area contributed by atoms with E-state index in [1.807, 2.05) is 11.4 Å². The van der Waals surface area contributed by atoms with Crippen molar-refractivity contribution in [1.29, 1.82) is 0 Å². The molecule has 1 aromatic heterocycles. The molecule has 4 nitrogen and oxygen atoms in total. The Labute approximate surface area is 160 Å². The van der Waals surface area contributed by atoms with Crippen LogP contribution in [0.2, 0.25) is 0 Å². The topological polar surface area (TPSA) is 58.2 Å². The van der Waals surface area contributed by atoms with E-state index in [2.05, 4.69) is 10.6 Å². The average Bonchev–Trinajstić information content (AvgIpc) is 3.26. The summed E-state index contributed by atoms with van der Waals surface area (Å²) in [5.41, 5.74) is 2.24. The highest BCUT2D eigenvalue weighted by molar-refractivity contribution is 7.12. The van der Waals surface area contributed by atoms with Crippen LogP contribution in [-0.4, -0.2) is 11.8 Å². The third-order valence-corrected chi connectivity index (χ3v) is 5.43. The number of anilines is 2. The van der Waals surface area contributed by atoms with Gasteiger partial charge < -0.3 is 10.6 Å². The van der Waals surface area contributed by atoms with Gasteiger partial charge in [-0.3, -0.25) is 9.59 Å². The first-order valence-corrected chi connectivity index (χ1v) is 9.49. The molecule has 3 aromatic rings. The van der Waals surface area contributed by atoms with Crippen molar-refractivity contribution in [1.82, 2.24) is 0 Å². The van der Waals surface area contributed by atoms with Crippen molar-refractivity contribution < 1.29 is 14.0 Å². The monoisotopic (exact) mass is 380 g/mol. The van der Waals surface area contributed by atoms with Gasteiger partial charge in [-0.05, 0) is 59.7 Å². The van der Waals surface area contributed by atoms with E-state index in [9.17, 15) is 14.0 Å². The highest BCUT2D eigenvalue weighted by Gasteiger charge is 2.43. The summed E-state index contributed by atoms with van der Waals surface area (Å²) in [7, 11) is 0. The van der Waals surface area contributed by atoms with Gasteiger partial charge in [0, 0.05) is 17.3 Å². The molecule has 136 valence electrons. The normalized spacial score (nSPS) is 18.0. The van der Waals surface area contributed by atoms with Gasteiger partial charge in [-0.25, -0.2) is 4.39 Å². The van der Waals surface area contributed by atoms with E-state index in [0.717, 1.165) is 12.0 Å². The van der Waals surface area contributed by atoms with E-state index >= 15 is 0 Å². The quantitative estimate of drug-likeness (QED) is 0.663. The van der Waals surface area contributed by atoms with Gasteiger partial charge in [-0.1, -0.05) is 24.3 Å². The molecule has 27 heavy (non-hydrogen) atoms. The summed E-state index contributed by atoms with van der Waals surface area (Å²) < 4.78 is 13.0. The molecule has 6 heteroatoms. The number of benzene rings is 2. The molecular formula is C21H17FN2O2S. The number of carbonyl (C=O) groups is 2. The van der Waals surface area contributed by atoms with Crippen LogP contribution in [0.15, 0.2) is 66.0 Å². The van der Waals surface area contributed by atoms with Crippen LogP contribution in [0.5, 0.6) is 0 Å². The van der Waals surface area contributed by atoms with Crippen LogP contribution in [0.4, 0.5) is 15.8 Å². The maximum Gasteiger partial charge on any atom is 0.265 e. The lowest BCUT2D eigenvalue weighted by molar-refractivity contribution is -0.117. The molecule has 2 N–H and O–H groups in total. The molecule has 0 radical (unpaired) electrons. The van der Waals surface area contributed by atoms with Crippen LogP contribution in [0.25, 0.3) is 0 Å². The Morgan fingerprint density at radius 2 is 1.70 bits per heavy atom. The summed E-state index contributed by atoms with van der Waals surface area (Å²) in [5, 5.41) is 7.58. The van der Waals surface area contributed by atoms with Crippen molar-refractivity contribution >= 4 is 34.5 Å². The molecule has 1 saturated carbocycles. The predicted octanol–water partition coefficient (Wildman–Crippen LogP) is 4.88. The van der Waals surface area contributed by atoms with Crippen molar-refractivity contribution in [3.63, 3.8) is 0 Å². The maximum absolute atomic E-state index is 13.0. The summed E-state index contributed by atoms with van der Waals surface area (Å²) in [6.45, 7) is 0. The first kappa shape index (κ1) is 17.4. The number of hydrogen-bond acceptors (Lipinski definition) is 3. The lowest BCUT2D eigenvalue weighted by atomic mass is 10.1. The number of nitrogens with one attached hydrogen (secondary N) is 2. The van der Waals surface area contributed by atoms with Crippen LogP contribution in [0, 0.1) is 11.7 Å². The molecule has 2 aromatic carbocycles. The Morgan fingerprint density at radius 3 is 2.41 bits per heavy atom. The molecular weight excluding hydrogens is 363 g/mol. The van der Waals surface area contributed by atoms with Gasteiger partial charge in [0.2, 0.25) is 5.91 Å². The number of thiophene rings is 1. The van der Waals surface area contributed by atoms with Crippen LogP contribution in [0.1, 0.15) is 27.6 Å².